The Morgan fingerprint density at radius 2 is 1.76 bits per heavy atom. The maximum atomic E-state index is 4.66. The Kier molecular flexibility index (Phi) is 1.57. The number of hydrogen-bond donors (Lipinski definition) is 0. The maximum Gasteiger partial charge on any atom is 0.0867 e. The van der Waals surface area contributed by atoms with Crippen LogP contribution in [0.5, 0.6) is 0 Å². The van der Waals surface area contributed by atoms with Crippen molar-refractivity contribution in [2.75, 3.05) is 0 Å². The monoisotopic (exact) mass is 232 g/mol. The molecule has 2 saturated carbocycles. The van der Waals surface area contributed by atoms with Crippen molar-refractivity contribution in [1.82, 2.24) is 0 Å². The van der Waals surface area contributed by atoms with Crippen LogP contribution in [0.15, 0.2) is 20.5 Å². The van der Waals surface area contributed by atoms with Crippen LogP contribution in [0.4, 0.5) is 0 Å². The smallest absolute Gasteiger partial charge is 0.0867 e. The van der Waals surface area contributed by atoms with Crippen LogP contribution < -0.4 is 0 Å². The Hall–Kier alpha value is -0.800. The molecule has 6 atom stereocenters. The highest BCUT2D eigenvalue weighted by atomic mass is 15.3. The Bertz CT molecular complexity index is 445. The van der Waals surface area contributed by atoms with Crippen molar-refractivity contribution >= 4 is 0 Å². The topological polar surface area (TPSA) is 49.4 Å². The lowest BCUT2D eigenvalue weighted by Gasteiger charge is -2.66. The van der Waals surface area contributed by atoms with Gasteiger partial charge in [0, 0.05) is 11.3 Å². The number of rotatable bonds is 0. The van der Waals surface area contributed by atoms with Crippen molar-refractivity contribution < 1.29 is 0 Å². The summed E-state index contributed by atoms with van der Waals surface area (Å²) in [5.41, 5.74) is 0.208. The van der Waals surface area contributed by atoms with E-state index >= 15 is 0 Å². The van der Waals surface area contributed by atoms with Gasteiger partial charge >= 0.3 is 0 Å². The summed E-state index contributed by atoms with van der Waals surface area (Å²) in [7, 11) is 0. The first-order chi connectivity index (χ1) is 8.00. The third-order valence-corrected chi connectivity index (χ3v) is 6.26. The zero-order chi connectivity index (χ0) is 11.9. The molecule has 2 aliphatic carbocycles. The van der Waals surface area contributed by atoms with E-state index in [-0.39, 0.29) is 16.5 Å². The zero-order valence-electron chi connectivity index (χ0n) is 10.8. The fourth-order valence-corrected chi connectivity index (χ4v) is 5.09. The van der Waals surface area contributed by atoms with Gasteiger partial charge in [0.1, 0.15) is 0 Å². The van der Waals surface area contributed by atoms with Crippen LogP contribution in [0.2, 0.25) is 0 Å². The second kappa shape index (κ2) is 2.62. The number of azo groups is 2. The van der Waals surface area contributed by atoms with Gasteiger partial charge in [-0.3, -0.25) is 0 Å². The van der Waals surface area contributed by atoms with Crippen LogP contribution in [0, 0.1) is 11.3 Å². The average Bonchev–Trinajstić information content (AvgIpc) is 2.31. The van der Waals surface area contributed by atoms with Crippen LogP contribution in [0.3, 0.4) is 0 Å². The normalized spacial score (nSPS) is 62.9. The summed E-state index contributed by atoms with van der Waals surface area (Å²) in [6.07, 6.45) is 4.74. The molecule has 4 aliphatic heterocycles. The van der Waals surface area contributed by atoms with Crippen molar-refractivity contribution in [3.8, 4) is 0 Å². The van der Waals surface area contributed by atoms with Gasteiger partial charge in [-0.1, -0.05) is 6.92 Å². The van der Waals surface area contributed by atoms with Gasteiger partial charge in [-0.15, -0.1) is 0 Å². The Labute approximate surface area is 102 Å². The lowest BCUT2D eigenvalue weighted by molar-refractivity contribution is -0.119. The molecule has 6 aliphatic rings. The van der Waals surface area contributed by atoms with Crippen molar-refractivity contribution in [2.24, 2.45) is 31.8 Å². The Morgan fingerprint density at radius 3 is 2.29 bits per heavy atom. The zero-order valence-corrected chi connectivity index (χ0v) is 10.8. The molecule has 0 spiro atoms. The summed E-state index contributed by atoms with van der Waals surface area (Å²) in [5, 5.41) is 18.5. The molecule has 0 radical (unpaired) electrons. The maximum absolute atomic E-state index is 4.66. The standard InChI is InChI=1S/C13H20N4/c1-11-6-5-9(15-16-11)13(3)10(11)8-4-7-12(13,2)17-14-8/h8-10H,4-7H2,1-3H3/t8-,9-,10?,11+,12+,13-/m0/s1. The molecule has 0 saturated heterocycles. The lowest BCUT2D eigenvalue weighted by Crippen LogP contribution is -2.71. The quantitative estimate of drug-likeness (QED) is 0.615. The van der Waals surface area contributed by atoms with Crippen LogP contribution in [0.1, 0.15) is 46.5 Å². The van der Waals surface area contributed by atoms with Gasteiger partial charge in [0.25, 0.3) is 0 Å². The fraction of sp³-hybridized carbons (Fsp3) is 1.00. The highest BCUT2D eigenvalue weighted by Gasteiger charge is 2.70. The molecule has 1 unspecified atom stereocenters. The molecular weight excluding hydrogens is 212 g/mol. The molecule has 0 aromatic carbocycles. The van der Waals surface area contributed by atoms with Gasteiger partial charge in [-0.2, -0.15) is 20.5 Å². The molecule has 4 heteroatoms. The minimum atomic E-state index is -0.00178. The summed E-state index contributed by atoms with van der Waals surface area (Å²) >= 11 is 0. The molecule has 2 fully saturated rings. The van der Waals surface area contributed by atoms with E-state index in [1.54, 1.807) is 0 Å². The van der Waals surface area contributed by atoms with E-state index < -0.39 is 0 Å². The number of hydrogen-bond acceptors (Lipinski definition) is 4. The van der Waals surface area contributed by atoms with Gasteiger partial charge in [0.15, 0.2) is 0 Å². The summed E-state index contributed by atoms with van der Waals surface area (Å²) in [5.74, 6) is 0.558. The van der Waals surface area contributed by atoms with Crippen LogP contribution in [-0.2, 0) is 0 Å². The van der Waals surface area contributed by atoms with Crippen LogP contribution >= 0.6 is 0 Å². The lowest BCUT2D eigenvalue weighted by atomic mass is 9.44. The summed E-state index contributed by atoms with van der Waals surface area (Å²) in [4.78, 5) is 0. The average molecular weight is 232 g/mol. The summed E-state index contributed by atoms with van der Waals surface area (Å²) in [6.45, 7) is 6.98. The highest BCUT2D eigenvalue weighted by Crippen LogP contribution is 2.66. The molecule has 17 heavy (non-hydrogen) atoms. The number of fused-ring (bicyclic) bond motifs is 2. The Morgan fingerprint density at radius 1 is 0.941 bits per heavy atom. The molecule has 6 rings (SSSR count). The molecule has 4 nitrogen and oxygen atoms in total. The molecular formula is C13H20N4. The Balaban J connectivity index is 1.97. The van der Waals surface area contributed by atoms with Gasteiger partial charge < -0.3 is 0 Å². The van der Waals surface area contributed by atoms with Gasteiger partial charge in [-0.05, 0) is 39.5 Å². The van der Waals surface area contributed by atoms with Crippen molar-refractivity contribution in [3.63, 3.8) is 0 Å². The van der Waals surface area contributed by atoms with Gasteiger partial charge in [-0.25, -0.2) is 0 Å². The second-order valence-electron chi connectivity index (χ2n) is 6.98. The predicted molar refractivity (Wildman–Crippen MR) is 64.2 cm³/mol. The molecule has 92 valence electrons. The molecule has 0 N–H and O–H groups in total. The summed E-state index contributed by atoms with van der Waals surface area (Å²) < 4.78 is 0. The minimum absolute atomic E-state index is 0.00178. The van der Waals surface area contributed by atoms with E-state index in [1.807, 2.05) is 0 Å². The van der Waals surface area contributed by atoms with Gasteiger partial charge in [0.2, 0.25) is 0 Å². The van der Waals surface area contributed by atoms with E-state index in [4.69, 9.17) is 0 Å². The first kappa shape index (κ1) is 10.2. The van der Waals surface area contributed by atoms with Crippen molar-refractivity contribution in [2.45, 2.75) is 69.6 Å². The highest BCUT2D eigenvalue weighted by molar-refractivity contribution is 5.24. The minimum Gasteiger partial charge on any atom is -0.190 e. The largest absolute Gasteiger partial charge is 0.190 e. The number of nitrogens with zero attached hydrogens (tertiary/aromatic N) is 4. The van der Waals surface area contributed by atoms with Crippen molar-refractivity contribution in [1.29, 1.82) is 0 Å². The predicted octanol–water partition coefficient (Wildman–Crippen LogP) is 3.38. The first-order valence-electron chi connectivity index (χ1n) is 6.84. The molecule has 4 bridgehead atoms. The SMILES string of the molecule is C[C@]12CC[C@H](N=N1)[C@@]1(C)C2[C@@H]2CC[C@@]1(C)N=N2. The van der Waals surface area contributed by atoms with E-state index in [0.717, 1.165) is 0 Å². The molecule has 0 aromatic rings. The van der Waals surface area contributed by atoms with Crippen LogP contribution in [-0.4, -0.2) is 23.2 Å². The van der Waals surface area contributed by atoms with Crippen LogP contribution in [0.25, 0.3) is 0 Å². The van der Waals surface area contributed by atoms with E-state index in [9.17, 15) is 0 Å². The van der Waals surface area contributed by atoms with E-state index in [1.165, 1.54) is 25.7 Å². The molecule has 0 aromatic heterocycles. The molecule has 0 amide bonds. The van der Waals surface area contributed by atoms with E-state index in [0.29, 0.717) is 18.0 Å². The molecule has 4 heterocycles. The first-order valence-corrected chi connectivity index (χ1v) is 6.84. The van der Waals surface area contributed by atoms with Gasteiger partial charge in [0.05, 0.1) is 23.2 Å². The fourth-order valence-electron chi connectivity index (χ4n) is 5.09. The third-order valence-electron chi connectivity index (χ3n) is 6.26. The summed E-state index contributed by atoms with van der Waals surface area (Å²) in [6, 6.07) is 0.773. The van der Waals surface area contributed by atoms with Crippen molar-refractivity contribution in [3.05, 3.63) is 0 Å². The van der Waals surface area contributed by atoms with E-state index in [2.05, 4.69) is 41.2 Å². The third kappa shape index (κ3) is 0.902. The second-order valence-corrected chi connectivity index (χ2v) is 6.98.